The van der Waals surface area contributed by atoms with E-state index in [0.29, 0.717) is 23.7 Å². The molecular formula is C16H15ClN2O. The predicted molar refractivity (Wildman–Crippen MR) is 81.1 cm³/mol. The highest BCUT2D eigenvalue weighted by molar-refractivity contribution is 6.32. The van der Waals surface area contributed by atoms with Gasteiger partial charge in [-0.05, 0) is 42.8 Å². The van der Waals surface area contributed by atoms with Crippen LogP contribution in [0, 0.1) is 11.3 Å². The van der Waals surface area contributed by atoms with Gasteiger partial charge in [0.25, 0.3) is 0 Å². The standard InChI is InChI=1S/C16H15ClN2O/c1-2-20-15-5-3-4-12(8-15)11-19-14-7-6-13(10-18)16(17)9-14/h3-9,19H,2,11H2,1H3. The lowest BCUT2D eigenvalue weighted by molar-refractivity contribution is 0.340. The fraction of sp³-hybridized carbons (Fsp3) is 0.188. The van der Waals surface area contributed by atoms with Crippen molar-refractivity contribution >= 4 is 17.3 Å². The molecule has 4 heteroatoms. The van der Waals surface area contributed by atoms with E-state index in [4.69, 9.17) is 21.6 Å². The van der Waals surface area contributed by atoms with Crippen molar-refractivity contribution in [2.24, 2.45) is 0 Å². The van der Waals surface area contributed by atoms with Gasteiger partial charge in [-0.2, -0.15) is 5.26 Å². The van der Waals surface area contributed by atoms with Crippen molar-refractivity contribution in [2.75, 3.05) is 11.9 Å². The molecule has 0 aliphatic carbocycles. The van der Waals surface area contributed by atoms with Crippen molar-refractivity contribution in [3.63, 3.8) is 0 Å². The van der Waals surface area contributed by atoms with Gasteiger partial charge in [-0.1, -0.05) is 23.7 Å². The number of nitriles is 1. The molecule has 0 spiro atoms. The second-order valence-corrected chi connectivity index (χ2v) is 4.65. The van der Waals surface area contributed by atoms with Crippen LogP contribution in [0.5, 0.6) is 5.75 Å². The summed E-state index contributed by atoms with van der Waals surface area (Å²) in [5, 5.41) is 12.6. The minimum Gasteiger partial charge on any atom is -0.494 e. The third-order valence-electron chi connectivity index (χ3n) is 2.80. The van der Waals surface area contributed by atoms with E-state index < -0.39 is 0 Å². The number of benzene rings is 2. The summed E-state index contributed by atoms with van der Waals surface area (Å²) < 4.78 is 5.46. The topological polar surface area (TPSA) is 45.0 Å². The monoisotopic (exact) mass is 286 g/mol. The van der Waals surface area contributed by atoms with E-state index in [0.717, 1.165) is 17.0 Å². The lowest BCUT2D eigenvalue weighted by Crippen LogP contribution is -2.00. The van der Waals surface area contributed by atoms with Crippen LogP contribution in [0.25, 0.3) is 0 Å². The highest BCUT2D eigenvalue weighted by atomic mass is 35.5. The first-order chi connectivity index (χ1) is 9.72. The molecule has 20 heavy (non-hydrogen) atoms. The van der Waals surface area contributed by atoms with E-state index in [2.05, 4.69) is 5.32 Å². The number of halogens is 1. The molecule has 0 atom stereocenters. The molecule has 0 bridgehead atoms. The first-order valence-electron chi connectivity index (χ1n) is 6.38. The van der Waals surface area contributed by atoms with Crippen molar-refractivity contribution in [1.29, 1.82) is 5.26 Å². The van der Waals surface area contributed by atoms with Crippen LogP contribution in [0.4, 0.5) is 5.69 Å². The molecule has 0 radical (unpaired) electrons. The average molecular weight is 287 g/mol. The number of anilines is 1. The number of ether oxygens (including phenoxy) is 1. The van der Waals surface area contributed by atoms with Crippen LogP contribution >= 0.6 is 11.6 Å². The summed E-state index contributed by atoms with van der Waals surface area (Å²) in [4.78, 5) is 0. The number of hydrogen-bond donors (Lipinski definition) is 1. The maximum atomic E-state index is 8.83. The lowest BCUT2D eigenvalue weighted by Gasteiger charge is -2.09. The van der Waals surface area contributed by atoms with Gasteiger partial charge < -0.3 is 10.1 Å². The summed E-state index contributed by atoms with van der Waals surface area (Å²) in [6.45, 7) is 3.29. The maximum absolute atomic E-state index is 8.83. The quantitative estimate of drug-likeness (QED) is 0.895. The van der Waals surface area contributed by atoms with Crippen LogP contribution in [0.3, 0.4) is 0 Å². The zero-order valence-electron chi connectivity index (χ0n) is 11.2. The molecule has 3 nitrogen and oxygen atoms in total. The minimum absolute atomic E-state index is 0.459. The molecule has 0 fully saturated rings. The molecule has 0 aliphatic heterocycles. The predicted octanol–water partition coefficient (Wildman–Crippen LogP) is 4.22. The number of hydrogen-bond acceptors (Lipinski definition) is 3. The minimum atomic E-state index is 0.459. The van der Waals surface area contributed by atoms with Gasteiger partial charge in [-0.15, -0.1) is 0 Å². The highest BCUT2D eigenvalue weighted by Gasteiger charge is 2.01. The molecule has 0 unspecified atom stereocenters. The number of nitrogens with zero attached hydrogens (tertiary/aromatic N) is 1. The number of nitrogens with one attached hydrogen (secondary N) is 1. The van der Waals surface area contributed by atoms with Crippen LogP contribution in [0.2, 0.25) is 5.02 Å². The molecule has 1 N–H and O–H groups in total. The molecule has 0 aliphatic rings. The highest BCUT2D eigenvalue weighted by Crippen LogP contribution is 2.21. The third kappa shape index (κ3) is 3.66. The van der Waals surface area contributed by atoms with Crippen LogP contribution in [0.15, 0.2) is 42.5 Å². The normalized spacial score (nSPS) is 9.85. The van der Waals surface area contributed by atoms with E-state index in [1.165, 1.54) is 0 Å². The zero-order chi connectivity index (χ0) is 14.4. The molecule has 0 saturated carbocycles. The second kappa shape index (κ2) is 6.83. The van der Waals surface area contributed by atoms with Gasteiger partial charge in [-0.25, -0.2) is 0 Å². The maximum Gasteiger partial charge on any atom is 0.119 e. The van der Waals surface area contributed by atoms with Crippen LogP contribution in [0.1, 0.15) is 18.1 Å². The summed E-state index contributed by atoms with van der Waals surface area (Å²) in [6, 6.07) is 15.3. The molecule has 2 aromatic rings. The van der Waals surface area contributed by atoms with Gasteiger partial charge in [0, 0.05) is 12.2 Å². The van der Waals surface area contributed by atoms with E-state index in [-0.39, 0.29) is 0 Å². The van der Waals surface area contributed by atoms with Gasteiger partial charge in [-0.3, -0.25) is 0 Å². The Kier molecular flexibility index (Phi) is 4.86. The lowest BCUT2D eigenvalue weighted by atomic mass is 10.2. The Morgan fingerprint density at radius 2 is 2.10 bits per heavy atom. The molecule has 0 aromatic heterocycles. The Bertz CT molecular complexity index is 635. The van der Waals surface area contributed by atoms with Crippen LogP contribution in [-0.4, -0.2) is 6.61 Å². The fourth-order valence-electron chi connectivity index (χ4n) is 1.83. The van der Waals surface area contributed by atoms with E-state index >= 15 is 0 Å². The van der Waals surface area contributed by atoms with E-state index in [9.17, 15) is 0 Å². The zero-order valence-corrected chi connectivity index (χ0v) is 11.9. The fourth-order valence-corrected chi connectivity index (χ4v) is 2.05. The average Bonchev–Trinajstić information content (AvgIpc) is 2.46. The smallest absolute Gasteiger partial charge is 0.119 e. The summed E-state index contributed by atoms with van der Waals surface area (Å²) in [7, 11) is 0. The SMILES string of the molecule is CCOc1cccc(CNc2ccc(C#N)c(Cl)c2)c1. The largest absolute Gasteiger partial charge is 0.494 e. The van der Waals surface area contributed by atoms with E-state index in [1.54, 1.807) is 12.1 Å². The summed E-state index contributed by atoms with van der Waals surface area (Å²) >= 11 is 6.00. The van der Waals surface area contributed by atoms with Crippen molar-refractivity contribution in [3.05, 3.63) is 58.6 Å². The summed E-state index contributed by atoms with van der Waals surface area (Å²) in [5.74, 6) is 0.865. The summed E-state index contributed by atoms with van der Waals surface area (Å²) in [5.41, 5.74) is 2.49. The molecular weight excluding hydrogens is 272 g/mol. The Hall–Kier alpha value is -2.18. The van der Waals surface area contributed by atoms with Crippen molar-refractivity contribution in [1.82, 2.24) is 0 Å². The Balaban J connectivity index is 2.03. The van der Waals surface area contributed by atoms with Gasteiger partial charge in [0.1, 0.15) is 11.8 Å². The Morgan fingerprint density at radius 1 is 1.25 bits per heavy atom. The molecule has 2 rings (SSSR count). The third-order valence-corrected chi connectivity index (χ3v) is 3.11. The van der Waals surface area contributed by atoms with Crippen molar-refractivity contribution in [3.8, 4) is 11.8 Å². The van der Waals surface area contributed by atoms with Gasteiger partial charge in [0.15, 0.2) is 0 Å². The first-order valence-corrected chi connectivity index (χ1v) is 6.76. The van der Waals surface area contributed by atoms with Crippen molar-refractivity contribution < 1.29 is 4.74 Å². The second-order valence-electron chi connectivity index (χ2n) is 4.24. The molecule has 0 saturated heterocycles. The summed E-state index contributed by atoms with van der Waals surface area (Å²) in [6.07, 6.45) is 0. The van der Waals surface area contributed by atoms with Crippen LogP contribution in [-0.2, 0) is 6.54 Å². The Morgan fingerprint density at radius 3 is 2.80 bits per heavy atom. The molecule has 0 amide bonds. The number of rotatable bonds is 5. The van der Waals surface area contributed by atoms with Gasteiger partial charge in [0.05, 0.1) is 17.2 Å². The molecule has 102 valence electrons. The van der Waals surface area contributed by atoms with Crippen molar-refractivity contribution in [2.45, 2.75) is 13.5 Å². The Labute approximate surface area is 123 Å². The van der Waals surface area contributed by atoms with Crippen LogP contribution < -0.4 is 10.1 Å². The first kappa shape index (κ1) is 14.2. The van der Waals surface area contributed by atoms with Gasteiger partial charge in [0.2, 0.25) is 0 Å². The molecule has 2 aromatic carbocycles. The van der Waals surface area contributed by atoms with Gasteiger partial charge >= 0.3 is 0 Å². The van der Waals surface area contributed by atoms with E-state index in [1.807, 2.05) is 43.3 Å². The molecule has 0 heterocycles.